The first-order valence-corrected chi connectivity index (χ1v) is 16.8. The Morgan fingerprint density at radius 3 is 1.68 bits per heavy atom. The summed E-state index contributed by atoms with van der Waals surface area (Å²) in [5.41, 5.74) is 3.87. The second kappa shape index (κ2) is 11.1. The lowest BCUT2D eigenvalue weighted by atomic mass is 9.99. The fourth-order valence-corrected chi connectivity index (χ4v) is 14.3. The van der Waals surface area contributed by atoms with Crippen molar-refractivity contribution in [2.45, 2.75) is 94.5 Å². The van der Waals surface area contributed by atoms with Crippen LogP contribution in [0.3, 0.4) is 0 Å². The molecule has 3 aliphatic rings. The van der Waals surface area contributed by atoms with E-state index in [-0.39, 0.29) is 7.92 Å². The van der Waals surface area contributed by atoms with Crippen LogP contribution in [0.25, 0.3) is 0 Å². The highest BCUT2D eigenvalue weighted by atomic mass is 31.2. The second-order valence-electron chi connectivity index (χ2n) is 10.5. The third-order valence-electron chi connectivity index (χ3n) is 8.47. The van der Waals surface area contributed by atoms with Crippen LogP contribution in [0.2, 0.25) is 0 Å². The number of hydrogen-bond donors (Lipinski definition) is 0. The van der Waals surface area contributed by atoms with Crippen molar-refractivity contribution >= 4 is 25.7 Å². The third kappa shape index (κ3) is 4.81. The molecule has 0 aromatic heterocycles. The monoisotopic (exact) mass is 490 g/mol. The van der Waals surface area contributed by atoms with E-state index >= 15 is 4.57 Å². The van der Waals surface area contributed by atoms with Crippen LogP contribution in [0.4, 0.5) is 0 Å². The Labute approximate surface area is 208 Å². The Hall–Kier alpha value is -1.42. The van der Waals surface area contributed by atoms with Gasteiger partial charge >= 0.3 is 0 Å². The van der Waals surface area contributed by atoms with Crippen molar-refractivity contribution in [2.24, 2.45) is 0 Å². The number of allylic oxidation sites excluding steroid dienone is 4. The molecule has 0 saturated heterocycles. The van der Waals surface area contributed by atoms with Gasteiger partial charge in [0.2, 0.25) is 0 Å². The van der Waals surface area contributed by atoms with Gasteiger partial charge < -0.3 is 4.57 Å². The summed E-state index contributed by atoms with van der Waals surface area (Å²) in [6, 6.07) is 20.6. The van der Waals surface area contributed by atoms with Crippen LogP contribution < -0.4 is 10.6 Å². The van der Waals surface area contributed by atoms with E-state index in [4.69, 9.17) is 0 Å². The maximum Gasteiger partial charge on any atom is 0.170 e. The molecule has 5 rings (SSSR count). The van der Waals surface area contributed by atoms with Gasteiger partial charge in [-0.25, -0.2) is 0 Å². The van der Waals surface area contributed by atoms with Crippen molar-refractivity contribution in [3.8, 4) is 0 Å². The van der Waals surface area contributed by atoms with Gasteiger partial charge in [0, 0.05) is 15.9 Å². The summed E-state index contributed by atoms with van der Waals surface area (Å²) in [7, 11) is -3.00. The van der Waals surface area contributed by atoms with E-state index < -0.39 is 7.14 Å². The second-order valence-corrected chi connectivity index (χ2v) is 16.4. The highest BCUT2D eigenvalue weighted by Gasteiger charge is 2.40. The van der Waals surface area contributed by atoms with Crippen molar-refractivity contribution in [2.75, 3.05) is 0 Å². The summed E-state index contributed by atoms with van der Waals surface area (Å²) in [6.45, 7) is 2.53. The molecule has 0 aliphatic heterocycles. The largest absolute Gasteiger partial charge is 0.309 e. The molecule has 0 amide bonds. The first-order chi connectivity index (χ1) is 16.7. The average Bonchev–Trinajstić information content (AvgIpc) is 3.41. The standard InChI is InChI=1S/C31H40OP2/c1-25(33(26-15-6-2-7-16-26)27-17-8-3-9-18-27)30-23-14-24-31(30)34(32,28-19-10-4-11-20-28)29-21-12-5-13-22-29/h4-5,10-14,19-22,24-27H,2-3,6-9,15-18,23H2,1H3/t25-/m1/s1. The molecule has 180 valence electrons. The predicted molar refractivity (Wildman–Crippen MR) is 151 cm³/mol. The van der Waals surface area contributed by atoms with Crippen LogP contribution in [0.1, 0.15) is 77.6 Å². The zero-order chi connectivity index (χ0) is 23.4. The minimum atomic E-state index is -2.90. The molecule has 2 aromatic carbocycles. The van der Waals surface area contributed by atoms with Gasteiger partial charge in [0.1, 0.15) is 0 Å². The van der Waals surface area contributed by atoms with Crippen LogP contribution in [0.15, 0.2) is 83.7 Å². The molecule has 0 heterocycles. The SMILES string of the molecule is C[C@H](C1=C(P(=O)(c2ccccc2)c2ccccc2)C=CC1)P(C1CCCCC1)C1CCCCC1. The number of benzene rings is 2. The smallest absolute Gasteiger partial charge is 0.170 e. The molecule has 0 unspecified atom stereocenters. The summed E-state index contributed by atoms with van der Waals surface area (Å²) >= 11 is 0. The highest BCUT2D eigenvalue weighted by Crippen LogP contribution is 2.64. The molecule has 2 saturated carbocycles. The molecule has 0 radical (unpaired) electrons. The lowest BCUT2D eigenvalue weighted by Crippen LogP contribution is -2.27. The molecule has 0 spiro atoms. The molecule has 2 fully saturated rings. The van der Waals surface area contributed by atoms with Gasteiger partial charge in [-0.15, -0.1) is 0 Å². The van der Waals surface area contributed by atoms with Crippen LogP contribution in [-0.4, -0.2) is 17.0 Å². The molecule has 1 nitrogen and oxygen atoms in total. The van der Waals surface area contributed by atoms with Gasteiger partial charge in [0.05, 0.1) is 0 Å². The number of hydrogen-bond acceptors (Lipinski definition) is 1. The van der Waals surface area contributed by atoms with Gasteiger partial charge in [-0.05, 0) is 54.7 Å². The molecule has 3 aliphatic carbocycles. The van der Waals surface area contributed by atoms with Gasteiger partial charge in [-0.3, -0.25) is 0 Å². The third-order valence-corrected chi connectivity index (χ3v) is 15.6. The van der Waals surface area contributed by atoms with Gasteiger partial charge in [0.15, 0.2) is 7.14 Å². The van der Waals surface area contributed by atoms with E-state index in [0.717, 1.165) is 33.7 Å². The van der Waals surface area contributed by atoms with E-state index in [9.17, 15) is 0 Å². The van der Waals surface area contributed by atoms with Crippen LogP contribution >= 0.6 is 15.1 Å². The molecule has 3 heteroatoms. The fourth-order valence-electron chi connectivity index (χ4n) is 6.77. The minimum Gasteiger partial charge on any atom is -0.309 e. The molecule has 1 atom stereocenters. The topological polar surface area (TPSA) is 17.1 Å². The normalized spacial score (nSPS) is 21.4. The van der Waals surface area contributed by atoms with Crippen molar-refractivity contribution in [1.29, 1.82) is 0 Å². The Morgan fingerprint density at radius 1 is 0.735 bits per heavy atom. The zero-order valence-electron chi connectivity index (χ0n) is 20.7. The Bertz CT molecular complexity index is 982. The Kier molecular flexibility index (Phi) is 7.93. The van der Waals surface area contributed by atoms with Crippen molar-refractivity contribution in [3.63, 3.8) is 0 Å². The quantitative estimate of drug-likeness (QED) is 0.355. The molecular formula is C31H40OP2. The van der Waals surface area contributed by atoms with Gasteiger partial charge in [-0.2, -0.15) is 0 Å². The van der Waals surface area contributed by atoms with E-state index in [1.807, 2.05) is 36.4 Å². The fraction of sp³-hybridized carbons (Fsp3) is 0.484. The van der Waals surface area contributed by atoms with Crippen molar-refractivity contribution in [1.82, 2.24) is 0 Å². The highest BCUT2D eigenvalue weighted by molar-refractivity contribution is 7.82. The van der Waals surface area contributed by atoms with E-state index in [1.165, 1.54) is 69.8 Å². The van der Waals surface area contributed by atoms with Gasteiger partial charge in [-0.1, -0.05) is 126 Å². The molecule has 2 aromatic rings. The maximum absolute atomic E-state index is 15.2. The molecule has 0 bridgehead atoms. The Balaban J connectivity index is 1.59. The van der Waals surface area contributed by atoms with E-state index in [1.54, 1.807) is 0 Å². The summed E-state index contributed by atoms with van der Waals surface area (Å²) in [5.74, 6) is 0. The molecular weight excluding hydrogens is 450 g/mol. The summed E-state index contributed by atoms with van der Waals surface area (Å²) in [6.07, 6.45) is 19.7. The van der Waals surface area contributed by atoms with Crippen LogP contribution in [0.5, 0.6) is 0 Å². The van der Waals surface area contributed by atoms with Crippen LogP contribution in [-0.2, 0) is 4.57 Å². The zero-order valence-corrected chi connectivity index (χ0v) is 22.5. The average molecular weight is 491 g/mol. The summed E-state index contributed by atoms with van der Waals surface area (Å²) in [5, 5.41) is 3.11. The van der Waals surface area contributed by atoms with Crippen molar-refractivity contribution < 1.29 is 4.57 Å². The number of rotatable bonds is 7. The minimum absolute atomic E-state index is 0.0998. The maximum atomic E-state index is 15.2. The molecule has 34 heavy (non-hydrogen) atoms. The van der Waals surface area contributed by atoms with Crippen LogP contribution in [0, 0.1) is 0 Å². The predicted octanol–water partition coefficient (Wildman–Crippen LogP) is 8.75. The van der Waals surface area contributed by atoms with Crippen molar-refractivity contribution in [3.05, 3.63) is 83.7 Å². The lowest BCUT2D eigenvalue weighted by Gasteiger charge is -2.43. The van der Waals surface area contributed by atoms with Gasteiger partial charge in [0.25, 0.3) is 0 Å². The van der Waals surface area contributed by atoms with E-state index in [0.29, 0.717) is 5.66 Å². The lowest BCUT2D eigenvalue weighted by molar-refractivity contribution is 0.482. The summed E-state index contributed by atoms with van der Waals surface area (Å²) in [4.78, 5) is 0. The first kappa shape index (κ1) is 24.3. The first-order valence-electron chi connectivity index (χ1n) is 13.6. The Morgan fingerprint density at radius 2 is 1.21 bits per heavy atom. The molecule has 0 N–H and O–H groups in total. The summed E-state index contributed by atoms with van der Waals surface area (Å²) < 4.78 is 15.2. The van der Waals surface area contributed by atoms with E-state index in [2.05, 4.69) is 43.3 Å².